The van der Waals surface area contributed by atoms with E-state index >= 15 is 0 Å². The molecule has 0 rings (SSSR count). The third-order valence-electron chi connectivity index (χ3n) is 0. The van der Waals surface area contributed by atoms with Crippen molar-refractivity contribution in [2.45, 2.75) is 0 Å². The van der Waals surface area contributed by atoms with Crippen LogP contribution >= 0.6 is 12.4 Å². The number of rotatable bonds is 0. The van der Waals surface area contributed by atoms with E-state index in [9.17, 15) is 0 Å². The number of hydrogen-bond acceptors (Lipinski definition) is 0. The Morgan fingerprint density at radius 1 is 0.571 bits per heavy atom. The predicted octanol–water partition coefficient (Wildman–Crippen LogP) is -14.9. The second kappa shape index (κ2) is 59.3. The van der Waals surface area contributed by atoms with E-state index in [4.69, 9.17) is 0 Å². The second-order valence-corrected chi connectivity index (χ2v) is 0. The zero-order chi connectivity index (χ0) is 0. The fraction of sp³-hybridized carbons (Fsp3) is 0. The van der Waals surface area contributed by atoms with Crippen LogP contribution in [0.15, 0.2) is 0 Å². The second-order valence-electron chi connectivity index (χ2n) is 0. The molecule has 42 valence electrons. The molecule has 7 heteroatoms. The molecule has 2 radical (unpaired) electrons. The third kappa shape index (κ3) is 45.8. The smallest absolute Gasteiger partial charge is 1.00 e. The average Bonchev–Trinajstić information content (AvgIpc) is 0. The number of halogens is 5. The van der Waals surface area contributed by atoms with E-state index in [1.54, 1.807) is 0 Å². The van der Waals surface area contributed by atoms with E-state index in [0.29, 0.717) is 0 Å². The number of hydrogen-bond donors (Lipinski definition) is 0. The summed E-state index contributed by atoms with van der Waals surface area (Å²) in [5.41, 5.74) is 0. The molecule has 0 aliphatic rings. The normalized spacial score (nSPS) is 0. The van der Waals surface area contributed by atoms with E-state index in [1.807, 2.05) is 0 Å². The van der Waals surface area contributed by atoms with E-state index in [-0.39, 0.29) is 116 Å². The molecular weight excluding hydrogens is 322 g/mol. The van der Waals surface area contributed by atoms with Gasteiger partial charge >= 0.3 is 54.0 Å². The first-order chi connectivity index (χ1) is 0. The van der Waals surface area contributed by atoms with Gasteiger partial charge < -0.3 is 49.6 Å². The molecule has 0 heterocycles. The molecule has 0 atom stereocenters. The van der Waals surface area contributed by atoms with Crippen LogP contribution in [0.1, 0.15) is 0 Å². The van der Waals surface area contributed by atoms with Gasteiger partial charge in [0.15, 0.2) is 0 Å². The van der Waals surface area contributed by atoms with Gasteiger partial charge in [0.2, 0.25) is 0 Å². The topological polar surface area (TPSA) is 0 Å². The van der Waals surface area contributed by atoms with Gasteiger partial charge in [-0.1, -0.05) is 0 Å². The molecule has 0 bridgehead atoms. The van der Waals surface area contributed by atoms with Crippen molar-refractivity contribution in [3.05, 3.63) is 0 Å². The summed E-state index contributed by atoms with van der Waals surface area (Å²) in [6.07, 6.45) is 0. The van der Waals surface area contributed by atoms with Crippen molar-refractivity contribution in [2.75, 3.05) is 0 Å². The van der Waals surface area contributed by atoms with Gasteiger partial charge in [0, 0.05) is 0 Å². The molecule has 0 aromatic rings. The van der Waals surface area contributed by atoms with E-state index in [2.05, 4.69) is 0 Å². The minimum atomic E-state index is 0. The van der Waals surface area contributed by atoms with Crippen LogP contribution in [0.3, 0.4) is 0 Å². The monoisotopic (exact) mass is 320 g/mol. The standard InChI is InChI=1S/5ClH.Na.Sb/h5*1H;;/q;;;;;+1;+3/p-4. The van der Waals surface area contributed by atoms with Gasteiger partial charge in [-0.25, -0.2) is 0 Å². The van der Waals surface area contributed by atoms with Crippen LogP contribution in [0.4, 0.5) is 0 Å². The first-order valence-corrected chi connectivity index (χ1v) is 0. The van der Waals surface area contributed by atoms with Crippen molar-refractivity contribution in [3.8, 4) is 0 Å². The Hall–Kier alpha value is 3.27. The summed E-state index contributed by atoms with van der Waals surface area (Å²) < 4.78 is 0. The molecule has 0 unspecified atom stereocenters. The Kier molecular flexibility index (Phi) is 700. The van der Waals surface area contributed by atoms with E-state index in [0.717, 1.165) is 0 Å². The van der Waals surface area contributed by atoms with E-state index < -0.39 is 0 Å². The molecule has 0 aliphatic heterocycles. The van der Waals surface area contributed by atoms with Crippen LogP contribution in [-0.2, 0) is 0 Å². The first-order valence-electron chi connectivity index (χ1n) is 0. The van der Waals surface area contributed by atoms with Gasteiger partial charge in [-0.3, -0.25) is 0 Å². The maximum absolute atomic E-state index is 0. The van der Waals surface area contributed by atoms with Gasteiger partial charge in [-0.05, 0) is 0 Å². The minimum absolute atomic E-state index is 0. The van der Waals surface area contributed by atoms with Crippen LogP contribution in [0.25, 0.3) is 0 Å². The molecule has 0 fully saturated rings. The fourth-order valence-corrected chi connectivity index (χ4v) is 0. The van der Waals surface area contributed by atoms with Crippen molar-refractivity contribution in [1.82, 2.24) is 0 Å². The summed E-state index contributed by atoms with van der Waals surface area (Å²) in [4.78, 5) is 0. The van der Waals surface area contributed by atoms with Crippen molar-refractivity contribution >= 4 is 36.8 Å². The molecule has 0 aromatic carbocycles. The molecule has 0 nitrogen and oxygen atoms in total. The molecular formula is HCl5NaSb. The molecule has 7 heavy (non-hydrogen) atoms. The Morgan fingerprint density at radius 2 is 0.571 bits per heavy atom. The summed E-state index contributed by atoms with van der Waals surface area (Å²) in [5, 5.41) is 0. The minimum Gasteiger partial charge on any atom is -1.00 e. The maximum Gasteiger partial charge on any atom is 3.00 e. The summed E-state index contributed by atoms with van der Waals surface area (Å²) >= 11 is 0. The van der Waals surface area contributed by atoms with Crippen LogP contribution < -0.4 is 79.2 Å². The van der Waals surface area contributed by atoms with Crippen molar-refractivity contribution < 1.29 is 79.2 Å². The average molecular weight is 323 g/mol. The van der Waals surface area contributed by atoms with Gasteiger partial charge in [-0.2, -0.15) is 0 Å². The first kappa shape index (κ1) is 82.6. The van der Waals surface area contributed by atoms with Crippen LogP contribution in [0.2, 0.25) is 0 Å². The SMILES string of the molecule is Cl.[Cl-].[Cl-].[Cl-].[Cl-].[Na+].[Sb+3]. The Morgan fingerprint density at radius 3 is 0.571 bits per heavy atom. The van der Waals surface area contributed by atoms with E-state index in [1.165, 1.54) is 0 Å². The third-order valence-corrected chi connectivity index (χ3v) is 0. The fourth-order valence-electron chi connectivity index (χ4n) is 0. The van der Waals surface area contributed by atoms with Gasteiger partial charge in [0.1, 0.15) is 0 Å². The van der Waals surface area contributed by atoms with Crippen LogP contribution in [-0.4, -0.2) is 24.4 Å². The molecule has 0 N–H and O–H groups in total. The quantitative estimate of drug-likeness (QED) is 0.389. The summed E-state index contributed by atoms with van der Waals surface area (Å²) in [6.45, 7) is 0. The molecule has 0 saturated carbocycles. The molecule has 0 aromatic heterocycles. The van der Waals surface area contributed by atoms with Crippen LogP contribution in [0, 0.1) is 0 Å². The zero-order valence-corrected chi connectivity index (χ0v) is 11.8. The maximum atomic E-state index is 0. The van der Waals surface area contributed by atoms with Crippen molar-refractivity contribution in [2.24, 2.45) is 0 Å². The Labute approximate surface area is 114 Å². The van der Waals surface area contributed by atoms with Crippen molar-refractivity contribution in [3.63, 3.8) is 0 Å². The Bertz CT molecular complexity index is 8.04. The zero-order valence-electron chi connectivity index (χ0n) is 3.37. The molecule has 0 saturated heterocycles. The van der Waals surface area contributed by atoms with Crippen LogP contribution in [0.5, 0.6) is 0 Å². The van der Waals surface area contributed by atoms with Gasteiger partial charge in [0.05, 0.1) is 0 Å². The summed E-state index contributed by atoms with van der Waals surface area (Å²) in [6, 6.07) is 0. The largest absolute Gasteiger partial charge is 3.00 e. The molecule has 0 spiro atoms. The predicted molar refractivity (Wildman–Crippen MR) is 13.0 cm³/mol. The van der Waals surface area contributed by atoms with Gasteiger partial charge in [-0.15, -0.1) is 12.4 Å². The molecule has 0 amide bonds. The Balaban J connectivity index is 0. The molecule has 0 aliphatic carbocycles. The van der Waals surface area contributed by atoms with Crippen molar-refractivity contribution in [1.29, 1.82) is 0 Å². The van der Waals surface area contributed by atoms with Gasteiger partial charge in [0.25, 0.3) is 0 Å². The summed E-state index contributed by atoms with van der Waals surface area (Å²) in [7, 11) is 0. The summed E-state index contributed by atoms with van der Waals surface area (Å²) in [5.74, 6) is 0.